The van der Waals surface area contributed by atoms with Crippen LogP contribution >= 0.6 is 0 Å². The predicted molar refractivity (Wildman–Crippen MR) is 177 cm³/mol. The van der Waals surface area contributed by atoms with Crippen molar-refractivity contribution in [3.8, 4) is 11.4 Å². The Labute approximate surface area is 264 Å². The minimum absolute atomic E-state index is 0.0233. The van der Waals surface area contributed by atoms with Gasteiger partial charge in [-0.05, 0) is 37.3 Å². The van der Waals surface area contributed by atoms with E-state index >= 15 is 0 Å². The van der Waals surface area contributed by atoms with Crippen molar-refractivity contribution in [3.63, 3.8) is 0 Å². The third-order valence-electron chi connectivity index (χ3n) is 7.55. The Kier molecular flexibility index (Phi) is 8.57. The van der Waals surface area contributed by atoms with Crippen LogP contribution in [0.2, 0.25) is 0 Å². The molecule has 0 unspecified atom stereocenters. The van der Waals surface area contributed by atoms with E-state index in [1.807, 2.05) is 66.9 Å². The number of carbonyl (C=O) groups is 1. The molecule has 14 heteroatoms. The van der Waals surface area contributed by atoms with Crippen molar-refractivity contribution in [3.05, 3.63) is 94.6 Å². The first kappa shape index (κ1) is 32.5. The van der Waals surface area contributed by atoms with Gasteiger partial charge in [-0.3, -0.25) is 18.7 Å². The normalized spacial score (nSPS) is 11.9. The van der Waals surface area contributed by atoms with Gasteiger partial charge in [0, 0.05) is 54.9 Å². The van der Waals surface area contributed by atoms with Crippen molar-refractivity contribution in [2.75, 3.05) is 26.0 Å². The number of aryl methyl sites for hydroxylation is 1. The maximum absolute atomic E-state index is 13.2. The van der Waals surface area contributed by atoms with Gasteiger partial charge in [0.2, 0.25) is 5.43 Å². The molecule has 4 aromatic carbocycles. The molecule has 1 aliphatic carbocycles. The van der Waals surface area contributed by atoms with E-state index in [4.69, 9.17) is 14.1 Å². The van der Waals surface area contributed by atoms with E-state index in [9.17, 15) is 26.4 Å². The van der Waals surface area contributed by atoms with Crippen LogP contribution in [0.3, 0.4) is 0 Å². The molecule has 0 bridgehead atoms. The van der Waals surface area contributed by atoms with Gasteiger partial charge < -0.3 is 14.8 Å². The molecule has 238 valence electrons. The van der Waals surface area contributed by atoms with E-state index in [1.54, 1.807) is 6.07 Å². The van der Waals surface area contributed by atoms with E-state index in [2.05, 4.69) is 5.32 Å². The fourth-order valence-electron chi connectivity index (χ4n) is 5.46. The van der Waals surface area contributed by atoms with Gasteiger partial charge in [-0.1, -0.05) is 48.5 Å². The summed E-state index contributed by atoms with van der Waals surface area (Å²) in [6, 6.07) is 20.9. The molecule has 1 heterocycles. The molecule has 12 nitrogen and oxygen atoms in total. The van der Waals surface area contributed by atoms with Gasteiger partial charge in [-0.2, -0.15) is 16.8 Å². The third-order valence-corrected chi connectivity index (χ3v) is 9.38. The zero-order chi connectivity index (χ0) is 33.6. The van der Waals surface area contributed by atoms with E-state index in [-0.39, 0.29) is 21.8 Å². The lowest BCUT2D eigenvalue weighted by atomic mass is 9.97. The quantitative estimate of drug-likeness (QED) is 0.136. The molecule has 0 saturated carbocycles. The summed E-state index contributed by atoms with van der Waals surface area (Å²) in [6.07, 6.45) is 0. The summed E-state index contributed by atoms with van der Waals surface area (Å²) >= 11 is 0. The number of nitrogens with zero attached hydrogens (tertiary/aromatic N) is 3. The zero-order valence-corrected chi connectivity index (χ0v) is 26.8. The summed E-state index contributed by atoms with van der Waals surface area (Å²) in [4.78, 5) is 32.0. The van der Waals surface area contributed by atoms with E-state index in [1.165, 1.54) is 31.3 Å². The maximum atomic E-state index is 13.2. The zero-order valence-electron chi connectivity index (χ0n) is 25.2. The summed E-state index contributed by atoms with van der Waals surface area (Å²) in [5, 5.41) is 3.93. The molecule has 4 aromatic rings. The number of benzene rings is 5. The number of hydrogen-bond acceptors (Lipinski definition) is 8. The van der Waals surface area contributed by atoms with Crippen molar-refractivity contribution in [2.24, 2.45) is 0 Å². The molecule has 0 radical (unpaired) electrons. The monoisotopic (exact) mass is 662 g/mol. The Morgan fingerprint density at radius 2 is 1.37 bits per heavy atom. The molecular formula is C32H30N4O8S2. The Morgan fingerprint density at radius 3 is 1.87 bits per heavy atom. The largest absolute Gasteiger partial charge is 0.378 e. The molecule has 0 saturated heterocycles. The van der Waals surface area contributed by atoms with Gasteiger partial charge in [-0.25, -0.2) is 4.98 Å². The molecular weight excluding hydrogens is 633 g/mol. The minimum atomic E-state index is -4.47. The lowest BCUT2D eigenvalue weighted by molar-refractivity contribution is 0.0962. The Bertz CT molecular complexity index is 2350. The van der Waals surface area contributed by atoms with Crippen LogP contribution in [0.4, 0.5) is 5.69 Å². The fraction of sp³-hybridized carbons (Fsp3) is 0.156. The van der Waals surface area contributed by atoms with Crippen molar-refractivity contribution < 1.29 is 30.7 Å². The lowest BCUT2D eigenvalue weighted by Gasteiger charge is -2.22. The van der Waals surface area contributed by atoms with Crippen LogP contribution in [0.15, 0.2) is 93.4 Å². The van der Waals surface area contributed by atoms with Crippen molar-refractivity contribution in [1.82, 2.24) is 14.9 Å². The maximum Gasteiger partial charge on any atom is 0.295 e. The van der Waals surface area contributed by atoms with Crippen LogP contribution in [0.5, 0.6) is 0 Å². The van der Waals surface area contributed by atoms with Crippen LogP contribution in [-0.2, 0) is 26.8 Å². The smallest absolute Gasteiger partial charge is 0.295 e. The SMILES string of the molecule is CCn1c2c(C(=O)NC)c(=O)c3ccccc3c-2nc2ccc(N(C)C)cc21.O=S(=O)(O)c1cccc2c(S(=O)(=O)O)cccc12. The molecule has 3 N–H and O–H groups in total. The molecule has 1 amide bonds. The highest BCUT2D eigenvalue weighted by Gasteiger charge is 2.27. The second kappa shape index (κ2) is 12.1. The molecule has 1 aliphatic heterocycles. The summed E-state index contributed by atoms with van der Waals surface area (Å²) in [5.74, 6) is -0.395. The van der Waals surface area contributed by atoms with E-state index in [0.717, 1.165) is 34.2 Å². The summed E-state index contributed by atoms with van der Waals surface area (Å²) < 4.78 is 64.7. The Hall–Kier alpha value is -4.89. The third kappa shape index (κ3) is 5.78. The number of aromatic nitrogens is 2. The number of hydrogen-bond donors (Lipinski definition) is 3. The van der Waals surface area contributed by atoms with Gasteiger partial charge in [0.25, 0.3) is 26.1 Å². The highest BCUT2D eigenvalue weighted by Crippen LogP contribution is 2.34. The van der Waals surface area contributed by atoms with Gasteiger partial charge in [0.05, 0.1) is 22.4 Å². The molecule has 0 spiro atoms. The first-order valence-corrected chi connectivity index (χ1v) is 16.8. The van der Waals surface area contributed by atoms with Crippen LogP contribution in [0.25, 0.3) is 44.0 Å². The fourth-order valence-corrected chi connectivity index (χ4v) is 6.87. The molecule has 0 aromatic heterocycles. The van der Waals surface area contributed by atoms with Crippen molar-refractivity contribution in [1.29, 1.82) is 0 Å². The second-order valence-electron chi connectivity index (χ2n) is 10.5. The minimum Gasteiger partial charge on any atom is -0.378 e. The molecule has 0 fully saturated rings. The predicted octanol–water partition coefficient (Wildman–Crippen LogP) is 4.43. The van der Waals surface area contributed by atoms with Crippen LogP contribution in [0, 0.1) is 0 Å². The lowest BCUT2D eigenvalue weighted by Crippen LogP contribution is -2.29. The highest BCUT2D eigenvalue weighted by atomic mass is 32.2. The van der Waals surface area contributed by atoms with Crippen molar-refractivity contribution >= 4 is 64.4 Å². The molecule has 0 atom stereocenters. The summed E-state index contributed by atoms with van der Waals surface area (Å²) in [5.41, 5.74) is 3.86. The number of rotatable bonds is 5. The van der Waals surface area contributed by atoms with Crippen LogP contribution in [-0.4, -0.2) is 62.5 Å². The van der Waals surface area contributed by atoms with E-state index in [0.29, 0.717) is 23.3 Å². The average Bonchev–Trinajstić information content (AvgIpc) is 3.02. The van der Waals surface area contributed by atoms with E-state index < -0.39 is 35.9 Å². The summed E-state index contributed by atoms with van der Waals surface area (Å²) in [6.45, 7) is 2.61. The van der Waals surface area contributed by atoms with Crippen LogP contribution < -0.4 is 15.6 Å². The average molecular weight is 663 g/mol. The topological polar surface area (TPSA) is 176 Å². The van der Waals surface area contributed by atoms with Gasteiger partial charge in [-0.15, -0.1) is 0 Å². The Balaban J connectivity index is 0.000000200. The van der Waals surface area contributed by atoms with Gasteiger partial charge in [0.15, 0.2) is 0 Å². The van der Waals surface area contributed by atoms with Crippen molar-refractivity contribution in [2.45, 2.75) is 23.3 Å². The molecule has 2 aliphatic rings. The number of nitrogens with one attached hydrogen (secondary N) is 1. The highest BCUT2D eigenvalue weighted by molar-refractivity contribution is 7.86. The first-order valence-electron chi connectivity index (χ1n) is 13.9. The number of amides is 1. The number of fused-ring (bicyclic) bond motifs is 5. The Morgan fingerprint density at radius 1 is 0.826 bits per heavy atom. The molecule has 46 heavy (non-hydrogen) atoms. The summed E-state index contributed by atoms with van der Waals surface area (Å²) in [7, 11) is -3.44. The first-order chi connectivity index (χ1) is 21.7. The standard InChI is InChI=1S/C22H22N4O2.C10H8O6S2/c1-5-26-17-12-13(25(3)4)10-11-16(17)24-19-14-8-6-7-9-15(14)21(27)18(20(19)26)22(28)23-2;11-17(12,13)9-5-1-3-7-8(9)4-2-6-10(7)18(14,15)16/h6-12H,5H2,1-4H3,(H,23,28);1-6H,(H,11,12,13)(H,14,15,16). The van der Waals surface area contributed by atoms with Crippen LogP contribution in [0.1, 0.15) is 17.3 Å². The second-order valence-corrected chi connectivity index (χ2v) is 13.3. The van der Waals surface area contributed by atoms with Gasteiger partial charge in [0.1, 0.15) is 15.4 Å². The molecule has 6 rings (SSSR count). The van der Waals surface area contributed by atoms with Gasteiger partial charge >= 0.3 is 0 Å². The number of carbonyl (C=O) groups excluding carboxylic acids is 1. The number of anilines is 1.